The Morgan fingerprint density at radius 1 is 1.18 bits per heavy atom. The van der Waals surface area contributed by atoms with Crippen molar-refractivity contribution < 1.29 is 13.7 Å². The summed E-state index contributed by atoms with van der Waals surface area (Å²) in [4.78, 5) is 16.6. The van der Waals surface area contributed by atoms with Gasteiger partial charge in [0.15, 0.2) is 5.69 Å². The van der Waals surface area contributed by atoms with Crippen LogP contribution in [0.1, 0.15) is 16.4 Å². The smallest absolute Gasteiger partial charge is 0.272 e. The van der Waals surface area contributed by atoms with Gasteiger partial charge >= 0.3 is 0 Å². The molecular weight excluding hydrogens is 429 g/mol. The summed E-state index contributed by atoms with van der Waals surface area (Å²) in [5.74, 6) is -0.0807. The lowest BCUT2D eigenvalue weighted by atomic mass is 10.2. The first-order valence-electron chi connectivity index (χ1n) is 8.27. The lowest BCUT2D eigenvalue weighted by molar-refractivity contribution is 0.0941. The molecule has 0 spiro atoms. The molecule has 0 unspecified atom stereocenters. The Morgan fingerprint density at radius 2 is 2.04 bits per heavy atom. The Balaban J connectivity index is 1.41. The first-order valence-corrected chi connectivity index (χ1v) is 9.06. The summed E-state index contributed by atoms with van der Waals surface area (Å²) in [5.41, 5.74) is 1.51. The third-order valence-electron chi connectivity index (χ3n) is 3.85. The van der Waals surface area contributed by atoms with Gasteiger partial charge in [-0.25, -0.2) is 9.07 Å². The molecule has 0 bridgehead atoms. The number of rotatable bonds is 5. The summed E-state index contributed by atoms with van der Waals surface area (Å²) < 4.78 is 20.8. The van der Waals surface area contributed by atoms with Gasteiger partial charge in [-0.2, -0.15) is 10.1 Å². The van der Waals surface area contributed by atoms with Gasteiger partial charge in [-0.3, -0.25) is 4.79 Å². The maximum absolute atomic E-state index is 13.3. The van der Waals surface area contributed by atoms with E-state index in [9.17, 15) is 9.18 Å². The van der Waals surface area contributed by atoms with Gasteiger partial charge in [-0.1, -0.05) is 39.3 Å². The van der Waals surface area contributed by atoms with E-state index in [0.29, 0.717) is 11.5 Å². The van der Waals surface area contributed by atoms with Crippen LogP contribution in [0.5, 0.6) is 0 Å². The Labute approximate surface area is 167 Å². The number of nitrogens with zero attached hydrogens (tertiary/aromatic N) is 4. The molecule has 28 heavy (non-hydrogen) atoms. The molecule has 0 saturated heterocycles. The third-order valence-corrected chi connectivity index (χ3v) is 4.34. The second-order valence-electron chi connectivity index (χ2n) is 5.83. The fraction of sp³-hybridized carbons (Fsp3) is 0.0526. The number of hydrogen-bond donors (Lipinski definition) is 1. The Kier molecular flexibility index (Phi) is 4.98. The van der Waals surface area contributed by atoms with Crippen LogP contribution in [-0.2, 0) is 6.54 Å². The number of halogens is 2. The minimum Gasteiger partial charge on any atom is -0.342 e. The van der Waals surface area contributed by atoms with Gasteiger partial charge in [-0.05, 0) is 36.4 Å². The lowest BCUT2D eigenvalue weighted by Crippen LogP contribution is -2.23. The van der Waals surface area contributed by atoms with Crippen molar-refractivity contribution in [1.82, 2.24) is 25.2 Å². The van der Waals surface area contributed by atoms with E-state index in [1.165, 1.54) is 16.8 Å². The van der Waals surface area contributed by atoms with Crippen molar-refractivity contribution in [2.24, 2.45) is 0 Å². The van der Waals surface area contributed by atoms with Crippen LogP contribution in [0, 0.1) is 5.82 Å². The first kappa shape index (κ1) is 18.1. The Hall–Kier alpha value is -3.33. The van der Waals surface area contributed by atoms with E-state index in [1.54, 1.807) is 24.4 Å². The summed E-state index contributed by atoms with van der Waals surface area (Å²) >= 11 is 3.39. The van der Waals surface area contributed by atoms with E-state index in [4.69, 9.17) is 4.52 Å². The SMILES string of the molecule is O=C(NCc1nc(-c2cccc(Br)c2)no1)c1ccn(-c2cccc(F)c2)n1. The normalized spacial score (nSPS) is 10.8. The van der Waals surface area contributed by atoms with Crippen molar-refractivity contribution in [2.45, 2.75) is 6.54 Å². The molecule has 140 valence electrons. The van der Waals surface area contributed by atoms with Crippen molar-refractivity contribution >= 4 is 21.8 Å². The summed E-state index contributed by atoms with van der Waals surface area (Å²) in [6.45, 7) is 0.0622. The molecule has 1 amide bonds. The molecule has 9 heteroatoms. The highest BCUT2D eigenvalue weighted by atomic mass is 79.9. The Morgan fingerprint density at radius 3 is 2.86 bits per heavy atom. The molecule has 0 radical (unpaired) electrons. The van der Waals surface area contributed by atoms with E-state index in [1.807, 2.05) is 24.3 Å². The molecule has 0 aliphatic rings. The van der Waals surface area contributed by atoms with E-state index >= 15 is 0 Å². The minimum atomic E-state index is -0.405. The Bertz CT molecular complexity index is 1140. The van der Waals surface area contributed by atoms with E-state index < -0.39 is 5.91 Å². The van der Waals surface area contributed by atoms with Crippen LogP contribution in [-0.4, -0.2) is 25.8 Å². The summed E-state index contributed by atoms with van der Waals surface area (Å²) in [6, 6.07) is 15.0. The van der Waals surface area contributed by atoms with Gasteiger partial charge in [0.25, 0.3) is 5.91 Å². The lowest BCUT2D eigenvalue weighted by Gasteiger charge is -2.01. The van der Waals surface area contributed by atoms with Crippen LogP contribution in [0.15, 0.2) is 69.8 Å². The molecular formula is C19H13BrFN5O2. The molecule has 0 aliphatic carbocycles. The number of aromatic nitrogens is 4. The highest BCUT2D eigenvalue weighted by Gasteiger charge is 2.13. The largest absolute Gasteiger partial charge is 0.342 e. The van der Waals surface area contributed by atoms with Crippen LogP contribution >= 0.6 is 15.9 Å². The number of amides is 1. The topological polar surface area (TPSA) is 85.8 Å². The quantitative estimate of drug-likeness (QED) is 0.509. The standard InChI is InChI=1S/C19H13BrFN5O2/c20-13-4-1-3-12(9-13)18-23-17(28-25-18)11-22-19(27)16-7-8-26(24-16)15-6-2-5-14(21)10-15/h1-10H,11H2,(H,22,27). The zero-order valence-electron chi connectivity index (χ0n) is 14.3. The first-order chi connectivity index (χ1) is 13.6. The van der Waals surface area contributed by atoms with Crippen molar-refractivity contribution in [1.29, 1.82) is 0 Å². The molecule has 2 aromatic heterocycles. The average molecular weight is 442 g/mol. The molecule has 0 fully saturated rings. The predicted octanol–water partition coefficient (Wildman–Crippen LogP) is 3.75. The van der Waals surface area contributed by atoms with Crippen molar-refractivity contribution in [2.75, 3.05) is 0 Å². The maximum Gasteiger partial charge on any atom is 0.272 e. The van der Waals surface area contributed by atoms with Crippen LogP contribution in [0.2, 0.25) is 0 Å². The van der Waals surface area contributed by atoms with Crippen LogP contribution in [0.4, 0.5) is 4.39 Å². The molecule has 7 nitrogen and oxygen atoms in total. The van der Waals surface area contributed by atoms with Crippen LogP contribution in [0.3, 0.4) is 0 Å². The summed E-state index contributed by atoms with van der Waals surface area (Å²) in [5, 5.41) is 10.8. The average Bonchev–Trinajstić information content (AvgIpc) is 3.36. The number of carbonyl (C=O) groups excluding carboxylic acids is 1. The van der Waals surface area contributed by atoms with Gasteiger partial charge in [0, 0.05) is 16.2 Å². The maximum atomic E-state index is 13.3. The second kappa shape index (κ2) is 7.73. The molecule has 4 rings (SSSR count). The van der Waals surface area contributed by atoms with Gasteiger partial charge in [0.2, 0.25) is 11.7 Å². The highest BCUT2D eigenvalue weighted by molar-refractivity contribution is 9.10. The van der Waals surface area contributed by atoms with Gasteiger partial charge in [0.1, 0.15) is 5.82 Å². The van der Waals surface area contributed by atoms with E-state index in [-0.39, 0.29) is 23.9 Å². The summed E-state index contributed by atoms with van der Waals surface area (Å²) in [6.07, 6.45) is 1.59. The predicted molar refractivity (Wildman–Crippen MR) is 102 cm³/mol. The molecule has 2 aromatic carbocycles. The fourth-order valence-corrected chi connectivity index (χ4v) is 2.92. The molecule has 4 aromatic rings. The minimum absolute atomic E-state index is 0.0622. The number of benzene rings is 2. The zero-order valence-corrected chi connectivity index (χ0v) is 15.9. The molecule has 0 atom stereocenters. The van der Waals surface area contributed by atoms with Gasteiger partial charge in [0.05, 0.1) is 12.2 Å². The zero-order chi connectivity index (χ0) is 19.5. The fourth-order valence-electron chi connectivity index (χ4n) is 2.53. The molecule has 1 N–H and O–H groups in total. The van der Waals surface area contributed by atoms with E-state index in [2.05, 4.69) is 36.5 Å². The molecule has 0 saturated carbocycles. The van der Waals surface area contributed by atoms with Crippen molar-refractivity contribution in [3.8, 4) is 17.1 Å². The van der Waals surface area contributed by atoms with Crippen LogP contribution < -0.4 is 5.32 Å². The highest BCUT2D eigenvalue weighted by Crippen LogP contribution is 2.20. The second-order valence-corrected chi connectivity index (χ2v) is 6.75. The van der Waals surface area contributed by atoms with Gasteiger partial charge in [-0.15, -0.1) is 0 Å². The monoisotopic (exact) mass is 441 g/mol. The van der Waals surface area contributed by atoms with E-state index in [0.717, 1.165) is 10.0 Å². The number of hydrogen-bond acceptors (Lipinski definition) is 5. The molecule has 0 aliphatic heterocycles. The molecule has 2 heterocycles. The third kappa shape index (κ3) is 3.99. The van der Waals surface area contributed by atoms with Crippen molar-refractivity contribution in [3.63, 3.8) is 0 Å². The van der Waals surface area contributed by atoms with Crippen molar-refractivity contribution in [3.05, 3.63) is 82.7 Å². The number of carbonyl (C=O) groups is 1. The number of nitrogens with one attached hydrogen (secondary N) is 1. The van der Waals surface area contributed by atoms with Gasteiger partial charge < -0.3 is 9.84 Å². The van der Waals surface area contributed by atoms with Crippen LogP contribution in [0.25, 0.3) is 17.1 Å². The summed E-state index contributed by atoms with van der Waals surface area (Å²) in [7, 11) is 0.